The van der Waals surface area contributed by atoms with Crippen LogP contribution in [0.25, 0.3) is 11.3 Å². The fourth-order valence-corrected chi connectivity index (χ4v) is 2.56. The van der Waals surface area contributed by atoms with Gasteiger partial charge in [0.05, 0.1) is 6.10 Å². The summed E-state index contributed by atoms with van der Waals surface area (Å²) in [5, 5.41) is 15.7. The third kappa shape index (κ3) is 3.15. The minimum absolute atomic E-state index is 0.0810. The number of hydrogen-bond donors (Lipinski definition) is 4. The fraction of sp³-hybridized carbons (Fsp3) is 0.312. The van der Waals surface area contributed by atoms with Crippen molar-refractivity contribution in [2.24, 2.45) is 5.92 Å². The molecule has 1 aromatic carbocycles. The zero-order chi connectivity index (χ0) is 14.7. The third-order valence-corrected chi connectivity index (χ3v) is 3.84. The third-order valence-electron chi connectivity index (χ3n) is 3.84. The van der Waals surface area contributed by atoms with Crippen LogP contribution in [0.15, 0.2) is 42.5 Å². The molecule has 2 atom stereocenters. The summed E-state index contributed by atoms with van der Waals surface area (Å²) in [6.07, 6.45) is -0.381. The van der Waals surface area contributed by atoms with Crippen molar-refractivity contribution in [1.82, 2.24) is 15.6 Å². The second-order valence-corrected chi connectivity index (χ2v) is 5.35. The second kappa shape index (κ2) is 6.11. The summed E-state index contributed by atoms with van der Waals surface area (Å²) in [6, 6.07) is 13.6. The van der Waals surface area contributed by atoms with Crippen LogP contribution in [0.4, 0.5) is 0 Å². The van der Waals surface area contributed by atoms with E-state index in [1.54, 1.807) is 6.07 Å². The Labute approximate surface area is 123 Å². The highest BCUT2D eigenvalue weighted by atomic mass is 16.3. The van der Waals surface area contributed by atoms with Gasteiger partial charge in [0.15, 0.2) is 0 Å². The maximum atomic E-state index is 12.1. The van der Waals surface area contributed by atoms with Crippen molar-refractivity contribution in [2.45, 2.75) is 6.10 Å². The van der Waals surface area contributed by atoms with Gasteiger partial charge in [-0.2, -0.15) is 0 Å². The lowest BCUT2D eigenvalue weighted by Crippen LogP contribution is -2.34. The molecule has 21 heavy (non-hydrogen) atoms. The van der Waals surface area contributed by atoms with Crippen molar-refractivity contribution in [1.29, 1.82) is 0 Å². The zero-order valence-electron chi connectivity index (χ0n) is 11.7. The zero-order valence-corrected chi connectivity index (χ0v) is 11.7. The lowest BCUT2D eigenvalue weighted by Gasteiger charge is -2.13. The lowest BCUT2D eigenvalue weighted by molar-refractivity contribution is 0.0923. The summed E-state index contributed by atoms with van der Waals surface area (Å²) >= 11 is 0. The van der Waals surface area contributed by atoms with Crippen LogP contribution in [0.3, 0.4) is 0 Å². The molecule has 5 nitrogen and oxygen atoms in total. The quantitative estimate of drug-likeness (QED) is 0.676. The first-order valence-corrected chi connectivity index (χ1v) is 7.15. The number of aliphatic hydroxyl groups is 1. The molecule has 1 aliphatic heterocycles. The Morgan fingerprint density at radius 3 is 2.71 bits per heavy atom. The van der Waals surface area contributed by atoms with Gasteiger partial charge >= 0.3 is 0 Å². The first-order chi connectivity index (χ1) is 10.2. The largest absolute Gasteiger partial charge is 0.391 e. The van der Waals surface area contributed by atoms with Crippen LogP contribution in [0.2, 0.25) is 0 Å². The second-order valence-electron chi connectivity index (χ2n) is 5.35. The number of nitrogens with one attached hydrogen (secondary N) is 3. The number of aliphatic hydroxyl groups excluding tert-OH is 1. The highest BCUT2D eigenvalue weighted by Gasteiger charge is 2.25. The predicted molar refractivity (Wildman–Crippen MR) is 80.9 cm³/mol. The first-order valence-electron chi connectivity index (χ1n) is 7.15. The van der Waals surface area contributed by atoms with E-state index in [1.807, 2.05) is 36.4 Å². The van der Waals surface area contributed by atoms with Gasteiger partial charge in [-0.3, -0.25) is 4.79 Å². The van der Waals surface area contributed by atoms with Crippen LogP contribution in [0.5, 0.6) is 0 Å². The monoisotopic (exact) mass is 285 g/mol. The molecule has 1 aliphatic rings. The van der Waals surface area contributed by atoms with Gasteiger partial charge in [-0.15, -0.1) is 0 Å². The molecular formula is C16H19N3O2. The number of amides is 1. The number of hydrogen-bond acceptors (Lipinski definition) is 3. The van der Waals surface area contributed by atoms with Gasteiger partial charge in [0.1, 0.15) is 5.69 Å². The summed E-state index contributed by atoms with van der Waals surface area (Å²) in [5.41, 5.74) is 2.50. The summed E-state index contributed by atoms with van der Waals surface area (Å²) in [4.78, 5) is 15.2. The number of aromatic nitrogens is 1. The average molecular weight is 285 g/mol. The van der Waals surface area contributed by atoms with Crippen LogP contribution in [-0.4, -0.2) is 41.7 Å². The van der Waals surface area contributed by atoms with E-state index in [0.29, 0.717) is 18.8 Å². The van der Waals surface area contributed by atoms with Gasteiger partial charge in [0.2, 0.25) is 0 Å². The number of carbonyl (C=O) groups excluding carboxylic acids is 1. The van der Waals surface area contributed by atoms with Gasteiger partial charge in [-0.05, 0) is 17.7 Å². The van der Waals surface area contributed by atoms with Crippen molar-refractivity contribution in [3.8, 4) is 11.3 Å². The fourth-order valence-electron chi connectivity index (χ4n) is 2.56. The van der Waals surface area contributed by atoms with Crippen molar-refractivity contribution < 1.29 is 9.90 Å². The van der Waals surface area contributed by atoms with Gasteiger partial charge in [0.25, 0.3) is 5.91 Å². The molecule has 0 radical (unpaired) electrons. The Morgan fingerprint density at radius 2 is 2.00 bits per heavy atom. The van der Waals surface area contributed by atoms with Crippen molar-refractivity contribution in [3.05, 3.63) is 48.2 Å². The lowest BCUT2D eigenvalue weighted by atomic mass is 10.1. The molecule has 0 bridgehead atoms. The Hall–Kier alpha value is -2.11. The molecule has 110 valence electrons. The molecule has 4 N–H and O–H groups in total. The molecule has 5 heteroatoms. The van der Waals surface area contributed by atoms with Crippen LogP contribution >= 0.6 is 0 Å². The highest BCUT2D eigenvalue weighted by Crippen LogP contribution is 2.18. The molecule has 1 fully saturated rings. The van der Waals surface area contributed by atoms with Gasteiger partial charge < -0.3 is 20.7 Å². The molecule has 0 aliphatic carbocycles. The molecule has 1 aromatic heterocycles. The SMILES string of the molecule is O=C(NCC1CNCC1O)c1ccc(-c2ccccc2)[nH]1. The summed E-state index contributed by atoms with van der Waals surface area (Å²) in [6.45, 7) is 1.81. The molecule has 1 saturated heterocycles. The van der Waals surface area contributed by atoms with Crippen LogP contribution in [-0.2, 0) is 0 Å². The smallest absolute Gasteiger partial charge is 0.267 e. The van der Waals surface area contributed by atoms with Crippen molar-refractivity contribution >= 4 is 5.91 Å². The molecule has 2 aromatic rings. The van der Waals surface area contributed by atoms with Crippen LogP contribution in [0, 0.1) is 5.92 Å². The number of β-amino-alcohol motifs (C(OH)–C–C–N with tert-alkyl or cyclic N) is 1. The van der Waals surface area contributed by atoms with E-state index >= 15 is 0 Å². The van der Waals surface area contributed by atoms with E-state index < -0.39 is 0 Å². The molecule has 0 spiro atoms. The molecule has 3 rings (SSSR count). The van der Waals surface area contributed by atoms with E-state index in [0.717, 1.165) is 17.8 Å². The molecule has 2 unspecified atom stereocenters. The summed E-state index contributed by atoms with van der Waals surface area (Å²) in [7, 11) is 0. The number of benzene rings is 1. The maximum absolute atomic E-state index is 12.1. The van der Waals surface area contributed by atoms with E-state index in [4.69, 9.17) is 0 Å². The number of rotatable bonds is 4. The number of H-pyrrole nitrogens is 1. The number of carbonyl (C=O) groups is 1. The Morgan fingerprint density at radius 1 is 1.19 bits per heavy atom. The molecule has 0 saturated carbocycles. The van der Waals surface area contributed by atoms with Crippen molar-refractivity contribution in [3.63, 3.8) is 0 Å². The standard InChI is InChI=1S/C16H19N3O2/c20-15-10-17-8-12(15)9-18-16(21)14-7-6-13(19-14)11-4-2-1-3-5-11/h1-7,12,15,17,19-20H,8-10H2,(H,18,21). The van der Waals surface area contributed by atoms with E-state index in [9.17, 15) is 9.90 Å². The topological polar surface area (TPSA) is 77.2 Å². The minimum atomic E-state index is -0.381. The highest BCUT2D eigenvalue weighted by molar-refractivity contribution is 5.93. The van der Waals surface area contributed by atoms with Crippen molar-refractivity contribution in [2.75, 3.05) is 19.6 Å². The Kier molecular flexibility index (Phi) is 4.03. The molecular weight excluding hydrogens is 266 g/mol. The summed E-state index contributed by atoms with van der Waals surface area (Å²) in [5.74, 6) is -0.0613. The number of aromatic amines is 1. The predicted octanol–water partition coefficient (Wildman–Crippen LogP) is 0.992. The van der Waals surface area contributed by atoms with Crippen LogP contribution < -0.4 is 10.6 Å². The van der Waals surface area contributed by atoms with E-state index in [-0.39, 0.29) is 17.9 Å². The molecule has 1 amide bonds. The van der Waals surface area contributed by atoms with Gasteiger partial charge in [0, 0.05) is 31.2 Å². The van der Waals surface area contributed by atoms with E-state index in [2.05, 4.69) is 15.6 Å². The normalized spacial score (nSPS) is 21.4. The summed E-state index contributed by atoms with van der Waals surface area (Å²) < 4.78 is 0. The van der Waals surface area contributed by atoms with Gasteiger partial charge in [-0.1, -0.05) is 30.3 Å². The van der Waals surface area contributed by atoms with Crippen LogP contribution in [0.1, 0.15) is 10.5 Å². The first kappa shape index (κ1) is 13.9. The Balaban J connectivity index is 1.62. The maximum Gasteiger partial charge on any atom is 0.267 e. The Bertz CT molecular complexity index is 609. The molecule has 2 heterocycles. The van der Waals surface area contributed by atoms with Gasteiger partial charge in [-0.25, -0.2) is 0 Å². The minimum Gasteiger partial charge on any atom is -0.391 e. The van der Waals surface area contributed by atoms with E-state index in [1.165, 1.54) is 0 Å². The average Bonchev–Trinajstić information content (AvgIpc) is 3.15.